The molecule has 2 aromatic rings. The van der Waals surface area contributed by atoms with Crippen LogP contribution in [0.15, 0.2) is 42.5 Å². The Balaban J connectivity index is 1.46. The summed E-state index contributed by atoms with van der Waals surface area (Å²) in [5.74, 6) is 0.956. The molecule has 1 aliphatic rings. The lowest BCUT2D eigenvalue weighted by atomic mass is 9.95. The van der Waals surface area contributed by atoms with Crippen LogP contribution >= 0.6 is 0 Å². The number of aryl methyl sites for hydroxylation is 2. The van der Waals surface area contributed by atoms with Gasteiger partial charge in [-0.2, -0.15) is 0 Å². The molecular weight excluding hydrogens is 364 g/mol. The molecule has 29 heavy (non-hydrogen) atoms. The Labute approximate surface area is 173 Å². The first-order chi connectivity index (χ1) is 14.0. The van der Waals surface area contributed by atoms with Crippen molar-refractivity contribution in [1.29, 1.82) is 0 Å². The van der Waals surface area contributed by atoms with Crippen LogP contribution in [0.4, 0.5) is 0 Å². The zero-order chi connectivity index (χ0) is 20.8. The number of nitrogens with zero attached hydrogens (tertiary/aromatic N) is 1. The van der Waals surface area contributed by atoms with E-state index in [9.17, 15) is 9.59 Å². The van der Waals surface area contributed by atoms with Gasteiger partial charge in [0.1, 0.15) is 5.75 Å². The molecule has 5 nitrogen and oxygen atoms in total. The van der Waals surface area contributed by atoms with E-state index in [1.54, 1.807) is 7.11 Å². The van der Waals surface area contributed by atoms with Gasteiger partial charge in [0.2, 0.25) is 5.91 Å². The molecule has 0 unspecified atom stereocenters. The van der Waals surface area contributed by atoms with Crippen LogP contribution in [-0.4, -0.2) is 43.5 Å². The molecule has 0 aromatic heterocycles. The van der Waals surface area contributed by atoms with Crippen LogP contribution in [-0.2, 0) is 11.2 Å². The van der Waals surface area contributed by atoms with Crippen LogP contribution in [0, 0.1) is 19.8 Å². The second kappa shape index (κ2) is 9.59. The van der Waals surface area contributed by atoms with Crippen LogP contribution in [0.3, 0.4) is 0 Å². The Morgan fingerprint density at radius 2 is 1.79 bits per heavy atom. The zero-order valence-corrected chi connectivity index (χ0v) is 17.5. The summed E-state index contributed by atoms with van der Waals surface area (Å²) in [4.78, 5) is 27.1. The molecule has 0 aliphatic carbocycles. The lowest BCUT2D eigenvalue weighted by Crippen LogP contribution is -2.43. The third kappa shape index (κ3) is 5.17. The first-order valence-corrected chi connectivity index (χ1v) is 10.3. The van der Waals surface area contributed by atoms with Gasteiger partial charge in [-0.1, -0.05) is 24.3 Å². The number of hydrogen-bond acceptors (Lipinski definition) is 3. The maximum Gasteiger partial charge on any atom is 0.253 e. The largest absolute Gasteiger partial charge is 0.496 e. The fraction of sp³-hybridized carbons (Fsp3) is 0.417. The van der Waals surface area contributed by atoms with E-state index < -0.39 is 0 Å². The Hall–Kier alpha value is -2.82. The molecule has 0 bridgehead atoms. The van der Waals surface area contributed by atoms with Crippen molar-refractivity contribution >= 4 is 11.8 Å². The summed E-state index contributed by atoms with van der Waals surface area (Å²) in [6.45, 7) is 5.89. The van der Waals surface area contributed by atoms with E-state index >= 15 is 0 Å². The monoisotopic (exact) mass is 394 g/mol. The third-order valence-electron chi connectivity index (χ3n) is 5.79. The Morgan fingerprint density at radius 3 is 2.48 bits per heavy atom. The fourth-order valence-electron chi connectivity index (χ4n) is 3.78. The van der Waals surface area contributed by atoms with Crippen molar-refractivity contribution < 1.29 is 14.3 Å². The topological polar surface area (TPSA) is 58.6 Å². The summed E-state index contributed by atoms with van der Waals surface area (Å²) in [6, 6.07) is 13.7. The molecule has 1 heterocycles. The molecule has 1 N–H and O–H groups in total. The highest BCUT2D eigenvalue weighted by atomic mass is 16.5. The minimum atomic E-state index is -0.0310. The SMILES string of the molecule is COc1ccccc1CCNC(=O)C1CCN(C(=O)c2ccc(C)c(C)c2)CC1. The predicted molar refractivity (Wildman–Crippen MR) is 114 cm³/mol. The first kappa shape index (κ1) is 20.9. The van der Waals surface area contributed by atoms with Gasteiger partial charge in [0.15, 0.2) is 0 Å². The van der Waals surface area contributed by atoms with E-state index in [0.29, 0.717) is 32.5 Å². The van der Waals surface area contributed by atoms with Gasteiger partial charge in [0.25, 0.3) is 5.91 Å². The number of rotatable bonds is 6. The number of benzene rings is 2. The van der Waals surface area contributed by atoms with Gasteiger partial charge < -0.3 is 15.0 Å². The normalized spacial score (nSPS) is 14.5. The van der Waals surface area contributed by atoms with Crippen LogP contribution in [0.25, 0.3) is 0 Å². The number of carbonyl (C=O) groups is 2. The second-order valence-corrected chi connectivity index (χ2v) is 7.72. The van der Waals surface area contributed by atoms with Crippen molar-refractivity contribution in [2.75, 3.05) is 26.7 Å². The van der Waals surface area contributed by atoms with Gasteiger partial charge in [-0.3, -0.25) is 9.59 Å². The lowest BCUT2D eigenvalue weighted by molar-refractivity contribution is -0.126. The number of likely N-dealkylation sites (tertiary alicyclic amines) is 1. The number of para-hydroxylation sites is 1. The number of nitrogens with one attached hydrogen (secondary N) is 1. The average molecular weight is 395 g/mol. The third-order valence-corrected chi connectivity index (χ3v) is 5.79. The lowest BCUT2D eigenvalue weighted by Gasteiger charge is -2.31. The molecule has 5 heteroatoms. The van der Waals surface area contributed by atoms with E-state index in [4.69, 9.17) is 4.74 Å². The number of hydrogen-bond donors (Lipinski definition) is 1. The number of ether oxygens (including phenoxy) is 1. The Kier molecular flexibility index (Phi) is 6.91. The molecular formula is C24H30N2O3. The molecule has 3 rings (SSSR count). The molecule has 2 aromatic carbocycles. The van der Waals surface area contributed by atoms with Crippen molar-refractivity contribution in [1.82, 2.24) is 10.2 Å². The summed E-state index contributed by atoms with van der Waals surface area (Å²) < 4.78 is 5.35. The second-order valence-electron chi connectivity index (χ2n) is 7.72. The highest BCUT2D eigenvalue weighted by molar-refractivity contribution is 5.94. The van der Waals surface area contributed by atoms with Gasteiger partial charge >= 0.3 is 0 Å². The smallest absolute Gasteiger partial charge is 0.253 e. The number of carbonyl (C=O) groups excluding carboxylic acids is 2. The molecule has 0 atom stereocenters. The van der Waals surface area contributed by atoms with Crippen molar-refractivity contribution in [3.8, 4) is 5.75 Å². The highest BCUT2D eigenvalue weighted by Gasteiger charge is 2.27. The van der Waals surface area contributed by atoms with E-state index in [-0.39, 0.29) is 17.7 Å². The van der Waals surface area contributed by atoms with E-state index in [1.807, 2.05) is 61.2 Å². The standard InChI is InChI=1S/C24H30N2O3/c1-17-8-9-21(16-18(17)2)24(28)26-14-11-20(12-15-26)23(27)25-13-10-19-6-4-5-7-22(19)29-3/h4-9,16,20H,10-15H2,1-3H3,(H,25,27). The van der Waals surface area contributed by atoms with Crippen LogP contribution in [0.5, 0.6) is 5.75 Å². The van der Waals surface area contributed by atoms with Crippen LogP contribution in [0.2, 0.25) is 0 Å². The number of methoxy groups -OCH3 is 1. The van der Waals surface area contributed by atoms with Gasteiger partial charge in [-0.15, -0.1) is 0 Å². The zero-order valence-electron chi connectivity index (χ0n) is 17.5. The minimum absolute atomic E-state index is 0.0310. The van der Waals surface area contributed by atoms with Crippen molar-refractivity contribution in [3.63, 3.8) is 0 Å². The molecule has 1 fully saturated rings. The summed E-state index contributed by atoms with van der Waals surface area (Å²) in [5, 5.41) is 3.04. The summed E-state index contributed by atoms with van der Waals surface area (Å²) in [5.41, 5.74) is 4.13. The minimum Gasteiger partial charge on any atom is -0.496 e. The molecule has 2 amide bonds. The van der Waals surface area contributed by atoms with Gasteiger partial charge in [-0.25, -0.2) is 0 Å². The predicted octanol–water partition coefficient (Wildman–Crippen LogP) is 3.52. The van der Waals surface area contributed by atoms with E-state index in [0.717, 1.165) is 28.9 Å². The first-order valence-electron chi connectivity index (χ1n) is 10.3. The van der Waals surface area contributed by atoms with Crippen molar-refractivity contribution in [2.45, 2.75) is 33.1 Å². The molecule has 1 aliphatic heterocycles. The van der Waals surface area contributed by atoms with Crippen LogP contribution < -0.4 is 10.1 Å². The number of piperidine rings is 1. The average Bonchev–Trinajstić information content (AvgIpc) is 2.75. The molecule has 0 spiro atoms. The van der Waals surface area contributed by atoms with Gasteiger partial charge in [-0.05, 0) is 68.0 Å². The summed E-state index contributed by atoms with van der Waals surface area (Å²) in [7, 11) is 1.66. The van der Waals surface area contributed by atoms with E-state index in [2.05, 4.69) is 5.32 Å². The molecule has 154 valence electrons. The van der Waals surface area contributed by atoms with Crippen molar-refractivity contribution in [3.05, 3.63) is 64.7 Å². The van der Waals surface area contributed by atoms with Crippen molar-refractivity contribution in [2.24, 2.45) is 5.92 Å². The fourth-order valence-corrected chi connectivity index (χ4v) is 3.78. The quantitative estimate of drug-likeness (QED) is 0.816. The summed E-state index contributed by atoms with van der Waals surface area (Å²) in [6.07, 6.45) is 2.15. The summed E-state index contributed by atoms with van der Waals surface area (Å²) >= 11 is 0. The Bertz CT molecular complexity index is 870. The van der Waals surface area contributed by atoms with E-state index in [1.165, 1.54) is 5.56 Å². The Morgan fingerprint density at radius 1 is 1.07 bits per heavy atom. The maximum absolute atomic E-state index is 12.7. The number of amides is 2. The maximum atomic E-state index is 12.7. The van der Waals surface area contributed by atoms with Gasteiger partial charge in [0.05, 0.1) is 7.11 Å². The van der Waals surface area contributed by atoms with Gasteiger partial charge in [0, 0.05) is 31.1 Å². The van der Waals surface area contributed by atoms with Crippen LogP contribution in [0.1, 0.15) is 39.9 Å². The molecule has 0 saturated carbocycles. The molecule has 1 saturated heterocycles. The molecule has 0 radical (unpaired) electrons. The highest BCUT2D eigenvalue weighted by Crippen LogP contribution is 2.21.